The maximum atomic E-state index is 10.5. The zero-order valence-electron chi connectivity index (χ0n) is 6.02. The van der Waals surface area contributed by atoms with Crippen LogP contribution in [0.25, 0.3) is 0 Å². The second-order valence-corrected chi connectivity index (χ2v) is 4.07. The maximum absolute atomic E-state index is 10.5. The van der Waals surface area contributed by atoms with Crippen molar-refractivity contribution in [3.8, 4) is 0 Å². The van der Waals surface area contributed by atoms with Crippen LogP contribution in [-0.4, -0.2) is 20.2 Å². The van der Waals surface area contributed by atoms with Gasteiger partial charge in [-0.15, -0.1) is 0 Å². The molecule has 0 fully saturated rings. The van der Waals surface area contributed by atoms with Gasteiger partial charge in [-0.25, -0.2) is 0 Å². The van der Waals surface area contributed by atoms with E-state index in [4.69, 9.17) is 3.82 Å². The summed E-state index contributed by atoms with van der Waals surface area (Å²) in [6.07, 6.45) is 0. The van der Waals surface area contributed by atoms with Crippen LogP contribution in [0.15, 0.2) is 18.2 Å². The van der Waals surface area contributed by atoms with Crippen molar-refractivity contribution in [2.75, 3.05) is 0 Å². The Morgan fingerprint density at radius 3 is 3.17 bits per heavy atom. The number of benzene rings is 1. The summed E-state index contributed by atoms with van der Waals surface area (Å²) in [4.78, 5) is 10.2. The number of hydrogen-bond acceptors (Lipinski definition) is 3. The fourth-order valence-electron chi connectivity index (χ4n) is 1.08. The van der Waals surface area contributed by atoms with E-state index in [0.717, 1.165) is 10.0 Å². The normalized spacial score (nSPS) is 14.3. The molecule has 1 aromatic rings. The monoisotopic (exact) mass is 231 g/mol. The van der Waals surface area contributed by atoms with Gasteiger partial charge in [0.25, 0.3) is 0 Å². The first-order valence-electron chi connectivity index (χ1n) is 3.35. The Kier molecular flexibility index (Phi) is 1.84. The van der Waals surface area contributed by atoms with Gasteiger partial charge < -0.3 is 0 Å². The molecule has 62 valence electrons. The second-order valence-electron chi connectivity index (χ2n) is 2.37. The van der Waals surface area contributed by atoms with Gasteiger partial charge in [-0.2, -0.15) is 0 Å². The zero-order chi connectivity index (χ0) is 8.55. The summed E-state index contributed by atoms with van der Waals surface area (Å²) in [7, 11) is 0. The predicted octanol–water partition coefficient (Wildman–Crippen LogP) is 0.369. The molecule has 1 aliphatic heterocycles. The molecule has 0 spiro atoms. The summed E-state index contributed by atoms with van der Waals surface area (Å²) >= 11 is -0.168. The van der Waals surface area contributed by atoms with Crippen molar-refractivity contribution in [1.29, 1.82) is 0 Å². The van der Waals surface area contributed by atoms with Gasteiger partial charge in [0.05, 0.1) is 0 Å². The Morgan fingerprint density at radius 1 is 1.58 bits per heavy atom. The number of nitro groups is 1. The molecular formula is C7H5NO3Se. The first-order chi connectivity index (χ1) is 5.79. The molecule has 1 aliphatic rings. The van der Waals surface area contributed by atoms with Gasteiger partial charge in [-0.3, -0.25) is 0 Å². The summed E-state index contributed by atoms with van der Waals surface area (Å²) in [5.41, 5.74) is 1.16. The average molecular weight is 230 g/mol. The molecule has 1 aromatic carbocycles. The molecule has 0 atom stereocenters. The third-order valence-corrected chi connectivity index (χ3v) is 3.46. The van der Waals surface area contributed by atoms with Crippen LogP contribution in [0.2, 0.25) is 0 Å². The minimum absolute atomic E-state index is 0.168. The van der Waals surface area contributed by atoms with Crippen LogP contribution in [0.5, 0.6) is 0 Å². The Hall–Kier alpha value is -0.901. The third kappa shape index (κ3) is 1.12. The van der Waals surface area contributed by atoms with Crippen LogP contribution in [0, 0.1) is 10.1 Å². The second kappa shape index (κ2) is 2.86. The number of hydrogen-bond donors (Lipinski definition) is 0. The molecule has 0 aliphatic carbocycles. The van der Waals surface area contributed by atoms with E-state index in [-0.39, 0.29) is 25.9 Å². The Labute approximate surface area is 75.2 Å². The molecule has 5 heteroatoms. The predicted molar refractivity (Wildman–Crippen MR) is 43.3 cm³/mol. The molecule has 4 nitrogen and oxygen atoms in total. The number of fused-ring (bicyclic) bond motifs is 1. The third-order valence-electron chi connectivity index (χ3n) is 1.63. The Balaban J connectivity index is 2.56. The molecule has 0 aromatic heterocycles. The van der Waals surface area contributed by atoms with E-state index >= 15 is 0 Å². The average Bonchev–Trinajstić information content (AvgIpc) is 2.49. The minimum atomic E-state index is -0.352. The van der Waals surface area contributed by atoms with Crippen LogP contribution < -0.4 is 4.46 Å². The van der Waals surface area contributed by atoms with Crippen molar-refractivity contribution < 1.29 is 8.74 Å². The number of nitro benzene ring substituents is 1. The van der Waals surface area contributed by atoms with Gasteiger partial charge in [0.15, 0.2) is 0 Å². The van der Waals surface area contributed by atoms with Crippen LogP contribution >= 0.6 is 0 Å². The van der Waals surface area contributed by atoms with Gasteiger partial charge in [-0.1, -0.05) is 0 Å². The topological polar surface area (TPSA) is 52.4 Å². The van der Waals surface area contributed by atoms with E-state index in [9.17, 15) is 10.1 Å². The fraction of sp³-hybridized carbons (Fsp3) is 0.143. The van der Waals surface area contributed by atoms with E-state index in [1.807, 2.05) is 6.07 Å². The Bertz CT molecular complexity index is 339. The summed E-state index contributed by atoms with van der Waals surface area (Å²) in [6.45, 7) is 0.525. The van der Waals surface area contributed by atoms with Gasteiger partial charge in [0.2, 0.25) is 0 Å². The molecule has 0 radical (unpaired) electrons. The van der Waals surface area contributed by atoms with E-state index in [1.165, 1.54) is 6.07 Å². The van der Waals surface area contributed by atoms with E-state index in [1.54, 1.807) is 6.07 Å². The summed E-state index contributed by atoms with van der Waals surface area (Å²) in [5.74, 6) is 0. The standard InChI is InChI=1S/C7H5NO3Se/c9-8(10)6-3-1-2-5-4-11-12-7(5)6/h1-3H,4H2. The summed E-state index contributed by atoms with van der Waals surface area (Å²) in [5, 5.41) is 10.5. The van der Waals surface area contributed by atoms with Crippen LogP contribution in [0.4, 0.5) is 5.69 Å². The quantitative estimate of drug-likeness (QED) is 0.398. The molecule has 0 saturated carbocycles. The first-order valence-corrected chi connectivity index (χ1v) is 4.90. The molecule has 0 N–H and O–H groups in total. The van der Waals surface area contributed by atoms with Crippen molar-refractivity contribution in [1.82, 2.24) is 0 Å². The first kappa shape index (κ1) is 7.73. The number of rotatable bonds is 1. The zero-order valence-corrected chi connectivity index (χ0v) is 7.73. The van der Waals surface area contributed by atoms with Crippen LogP contribution in [-0.2, 0) is 10.4 Å². The fourth-order valence-corrected chi connectivity index (χ4v) is 2.68. The summed E-state index contributed by atoms with van der Waals surface area (Å²) in [6, 6.07) is 5.09. The number of nitrogens with zero attached hydrogens (tertiary/aromatic N) is 1. The van der Waals surface area contributed by atoms with Crippen molar-refractivity contribution >= 4 is 25.4 Å². The van der Waals surface area contributed by atoms with Crippen LogP contribution in [0.1, 0.15) is 5.56 Å². The van der Waals surface area contributed by atoms with Crippen molar-refractivity contribution in [2.45, 2.75) is 6.61 Å². The molecule has 0 unspecified atom stereocenters. The Morgan fingerprint density at radius 2 is 2.42 bits per heavy atom. The molecule has 0 bridgehead atoms. The van der Waals surface area contributed by atoms with Crippen molar-refractivity contribution in [3.63, 3.8) is 0 Å². The van der Waals surface area contributed by atoms with E-state index < -0.39 is 0 Å². The van der Waals surface area contributed by atoms with Gasteiger partial charge in [0.1, 0.15) is 0 Å². The van der Waals surface area contributed by atoms with E-state index in [0.29, 0.717) is 6.61 Å². The molecule has 1 heterocycles. The van der Waals surface area contributed by atoms with Gasteiger partial charge in [0, 0.05) is 0 Å². The van der Waals surface area contributed by atoms with Gasteiger partial charge >= 0.3 is 74.7 Å². The molecule has 12 heavy (non-hydrogen) atoms. The summed E-state index contributed by atoms with van der Waals surface area (Å²) < 4.78 is 5.95. The molecular weight excluding hydrogens is 225 g/mol. The van der Waals surface area contributed by atoms with Crippen molar-refractivity contribution in [2.24, 2.45) is 0 Å². The van der Waals surface area contributed by atoms with Crippen LogP contribution in [0.3, 0.4) is 0 Å². The molecule has 0 saturated heterocycles. The molecule has 0 amide bonds. The SMILES string of the molecule is O=[N+]([O-])c1cccc2c1[Se]OC2. The molecule has 2 rings (SSSR count). The van der Waals surface area contributed by atoms with E-state index in [2.05, 4.69) is 0 Å². The van der Waals surface area contributed by atoms with Gasteiger partial charge in [-0.05, 0) is 0 Å². The van der Waals surface area contributed by atoms with Crippen molar-refractivity contribution in [3.05, 3.63) is 33.9 Å².